The van der Waals surface area contributed by atoms with Gasteiger partial charge in [0.2, 0.25) is 6.79 Å². The fourth-order valence-corrected chi connectivity index (χ4v) is 4.24. The molecule has 1 saturated heterocycles. The van der Waals surface area contributed by atoms with E-state index < -0.39 is 0 Å². The smallest absolute Gasteiger partial charge is 0.263 e. The van der Waals surface area contributed by atoms with Crippen LogP contribution in [0.25, 0.3) is 0 Å². The van der Waals surface area contributed by atoms with E-state index in [2.05, 4.69) is 13.0 Å². The summed E-state index contributed by atoms with van der Waals surface area (Å²) in [6, 6.07) is 9.52. The molecular formula is C22H26N2O4. The van der Waals surface area contributed by atoms with Crippen molar-refractivity contribution in [2.75, 3.05) is 19.9 Å². The van der Waals surface area contributed by atoms with E-state index in [-0.39, 0.29) is 29.2 Å². The van der Waals surface area contributed by atoms with E-state index in [1.165, 1.54) is 10.1 Å². The molecule has 28 heavy (non-hydrogen) atoms. The first-order valence-corrected chi connectivity index (χ1v) is 9.71. The van der Waals surface area contributed by atoms with E-state index in [1.807, 2.05) is 30.0 Å². The molecule has 0 spiro atoms. The van der Waals surface area contributed by atoms with Crippen molar-refractivity contribution in [3.05, 3.63) is 57.5 Å². The number of ether oxygens (including phenoxy) is 2. The van der Waals surface area contributed by atoms with Crippen molar-refractivity contribution in [1.29, 1.82) is 0 Å². The fourth-order valence-electron chi connectivity index (χ4n) is 4.24. The van der Waals surface area contributed by atoms with Crippen molar-refractivity contribution < 1.29 is 14.3 Å². The number of pyridine rings is 1. The van der Waals surface area contributed by atoms with Gasteiger partial charge in [-0.15, -0.1) is 0 Å². The molecule has 6 nitrogen and oxygen atoms in total. The lowest BCUT2D eigenvalue weighted by atomic mass is 9.76. The van der Waals surface area contributed by atoms with Crippen molar-refractivity contribution in [2.45, 2.75) is 33.1 Å². The highest BCUT2D eigenvalue weighted by Gasteiger charge is 2.34. The number of aryl methyl sites for hydroxylation is 1. The van der Waals surface area contributed by atoms with E-state index in [0.29, 0.717) is 13.1 Å². The number of aromatic nitrogens is 1. The highest BCUT2D eigenvalue weighted by molar-refractivity contribution is 5.94. The first-order chi connectivity index (χ1) is 13.4. The van der Waals surface area contributed by atoms with E-state index >= 15 is 0 Å². The molecule has 0 radical (unpaired) electrons. The maximum Gasteiger partial charge on any atom is 0.263 e. The van der Waals surface area contributed by atoms with Gasteiger partial charge in [-0.3, -0.25) is 9.59 Å². The maximum atomic E-state index is 13.1. The molecule has 2 aliphatic rings. The SMILES string of the molecule is Cc1ccc(C(=O)N2CCCC(C)(Cc3ccc4c(c3)OCO4)C2)c(=O)n1C. The summed E-state index contributed by atoms with van der Waals surface area (Å²) in [6.45, 7) is 5.66. The minimum Gasteiger partial charge on any atom is -0.454 e. The number of fused-ring (bicyclic) bond motifs is 1. The van der Waals surface area contributed by atoms with Crippen molar-refractivity contribution in [3.8, 4) is 11.5 Å². The van der Waals surface area contributed by atoms with Crippen LogP contribution in [0, 0.1) is 12.3 Å². The number of likely N-dealkylation sites (tertiary alicyclic amines) is 1. The predicted molar refractivity (Wildman–Crippen MR) is 106 cm³/mol. The standard InChI is InChI=1S/C22H26N2O4/c1-15-5-7-17(20(25)23(15)3)21(26)24-10-4-9-22(2,13-24)12-16-6-8-18-19(11-16)28-14-27-18/h5-8,11H,4,9-10,12-14H2,1-3H3. The van der Waals surface area contributed by atoms with Crippen molar-refractivity contribution in [2.24, 2.45) is 12.5 Å². The maximum absolute atomic E-state index is 13.1. The first-order valence-electron chi connectivity index (χ1n) is 9.71. The topological polar surface area (TPSA) is 60.8 Å². The zero-order chi connectivity index (χ0) is 19.9. The van der Waals surface area contributed by atoms with Gasteiger partial charge in [0.1, 0.15) is 5.56 Å². The van der Waals surface area contributed by atoms with Gasteiger partial charge >= 0.3 is 0 Å². The van der Waals surface area contributed by atoms with Crippen LogP contribution in [0.4, 0.5) is 0 Å². The number of rotatable bonds is 3. The van der Waals surface area contributed by atoms with Crippen LogP contribution in [0.1, 0.15) is 41.4 Å². The van der Waals surface area contributed by atoms with Crippen LogP contribution in [0.2, 0.25) is 0 Å². The minimum atomic E-state index is -0.229. The van der Waals surface area contributed by atoms with Crippen molar-refractivity contribution >= 4 is 5.91 Å². The highest BCUT2D eigenvalue weighted by Crippen LogP contribution is 2.37. The molecule has 0 aliphatic carbocycles. The molecule has 148 valence electrons. The van der Waals surface area contributed by atoms with Crippen LogP contribution in [0.15, 0.2) is 35.1 Å². The molecule has 1 aromatic carbocycles. The van der Waals surface area contributed by atoms with Gasteiger partial charge in [-0.2, -0.15) is 0 Å². The van der Waals surface area contributed by atoms with E-state index in [9.17, 15) is 9.59 Å². The average molecular weight is 382 g/mol. The normalized spacial score (nSPS) is 21.0. The zero-order valence-electron chi connectivity index (χ0n) is 16.7. The third-order valence-electron chi connectivity index (χ3n) is 5.92. The van der Waals surface area contributed by atoms with Crippen LogP contribution >= 0.6 is 0 Å². The van der Waals surface area contributed by atoms with Gasteiger partial charge in [0.05, 0.1) is 0 Å². The van der Waals surface area contributed by atoms with Crippen LogP contribution in [-0.4, -0.2) is 35.3 Å². The van der Waals surface area contributed by atoms with Crippen LogP contribution in [0.5, 0.6) is 11.5 Å². The summed E-state index contributed by atoms with van der Waals surface area (Å²) >= 11 is 0. The molecule has 1 aromatic heterocycles. The number of carbonyl (C=O) groups excluding carboxylic acids is 1. The van der Waals surface area contributed by atoms with Gasteiger partial charge in [0.15, 0.2) is 11.5 Å². The number of carbonyl (C=O) groups is 1. The third-order valence-corrected chi connectivity index (χ3v) is 5.92. The molecule has 6 heteroatoms. The second-order valence-electron chi connectivity index (χ2n) is 8.26. The van der Waals surface area contributed by atoms with Gasteiger partial charge in [-0.25, -0.2) is 0 Å². The van der Waals surface area contributed by atoms with Crippen LogP contribution < -0.4 is 15.0 Å². The number of piperidine rings is 1. The summed E-state index contributed by atoms with van der Waals surface area (Å²) in [5, 5.41) is 0. The number of hydrogen-bond donors (Lipinski definition) is 0. The summed E-state index contributed by atoms with van der Waals surface area (Å²) in [6.07, 6.45) is 2.81. The lowest BCUT2D eigenvalue weighted by Crippen LogP contribution is -2.47. The second kappa shape index (κ2) is 7.00. The predicted octanol–water partition coefficient (Wildman–Crippen LogP) is 2.91. The summed E-state index contributed by atoms with van der Waals surface area (Å²) < 4.78 is 12.4. The Hall–Kier alpha value is -2.76. The number of nitrogens with zero attached hydrogens (tertiary/aromatic N) is 2. The van der Waals surface area contributed by atoms with Gasteiger partial charge in [-0.05, 0) is 61.4 Å². The van der Waals surface area contributed by atoms with Gasteiger partial charge in [-0.1, -0.05) is 13.0 Å². The molecule has 3 heterocycles. The molecule has 0 N–H and O–H groups in total. The largest absolute Gasteiger partial charge is 0.454 e. The fraction of sp³-hybridized carbons (Fsp3) is 0.455. The lowest BCUT2D eigenvalue weighted by molar-refractivity contribution is 0.0548. The summed E-state index contributed by atoms with van der Waals surface area (Å²) in [4.78, 5) is 27.4. The Kier molecular flexibility index (Phi) is 4.65. The van der Waals surface area contributed by atoms with Gasteiger partial charge in [0, 0.05) is 25.8 Å². The minimum absolute atomic E-state index is 0.0441. The first kappa shape index (κ1) is 18.6. The Labute approximate surface area is 164 Å². The Balaban J connectivity index is 1.53. The average Bonchev–Trinajstić information content (AvgIpc) is 3.13. The third kappa shape index (κ3) is 3.39. The lowest BCUT2D eigenvalue weighted by Gasteiger charge is -2.40. The van der Waals surface area contributed by atoms with E-state index in [0.717, 1.165) is 36.5 Å². The Morgan fingerprint density at radius 3 is 2.79 bits per heavy atom. The number of amides is 1. The van der Waals surface area contributed by atoms with E-state index in [1.54, 1.807) is 13.1 Å². The highest BCUT2D eigenvalue weighted by atomic mass is 16.7. The molecule has 1 amide bonds. The Morgan fingerprint density at radius 1 is 1.18 bits per heavy atom. The molecule has 4 rings (SSSR count). The van der Waals surface area contributed by atoms with E-state index in [4.69, 9.17) is 9.47 Å². The Bertz CT molecular complexity index is 981. The van der Waals surface area contributed by atoms with Crippen LogP contribution in [-0.2, 0) is 13.5 Å². The van der Waals surface area contributed by atoms with Crippen molar-refractivity contribution in [3.63, 3.8) is 0 Å². The molecule has 1 atom stereocenters. The molecule has 2 aliphatic heterocycles. The molecule has 1 fully saturated rings. The van der Waals surface area contributed by atoms with Gasteiger partial charge < -0.3 is 18.9 Å². The zero-order valence-corrected chi connectivity index (χ0v) is 16.7. The number of hydrogen-bond acceptors (Lipinski definition) is 4. The summed E-state index contributed by atoms with van der Waals surface area (Å²) in [5.41, 5.74) is 1.99. The van der Waals surface area contributed by atoms with Gasteiger partial charge in [0.25, 0.3) is 11.5 Å². The Morgan fingerprint density at radius 2 is 1.96 bits per heavy atom. The number of benzene rings is 1. The van der Waals surface area contributed by atoms with Crippen molar-refractivity contribution in [1.82, 2.24) is 9.47 Å². The molecule has 0 bridgehead atoms. The summed E-state index contributed by atoms with van der Waals surface area (Å²) in [7, 11) is 1.70. The molecule has 1 unspecified atom stereocenters. The quantitative estimate of drug-likeness (QED) is 0.819. The molecular weight excluding hydrogens is 356 g/mol. The molecule has 2 aromatic rings. The van der Waals surface area contributed by atoms with Crippen LogP contribution in [0.3, 0.4) is 0 Å². The summed E-state index contributed by atoms with van der Waals surface area (Å²) in [5.74, 6) is 1.40. The monoisotopic (exact) mass is 382 g/mol. The molecule has 0 saturated carbocycles. The second-order valence-corrected chi connectivity index (χ2v) is 8.26.